The zero-order chi connectivity index (χ0) is 45.5. The minimum Gasteiger partial charge on any atom is -0.465 e. The summed E-state index contributed by atoms with van der Waals surface area (Å²) in [4.78, 5) is 44.0. The topological polar surface area (TPSA) is 188 Å². The molecule has 2 fully saturated rings. The van der Waals surface area contributed by atoms with Crippen LogP contribution in [0.2, 0.25) is 0 Å². The van der Waals surface area contributed by atoms with Gasteiger partial charge in [-0.1, -0.05) is 24.3 Å². The molecule has 0 saturated carbocycles. The van der Waals surface area contributed by atoms with E-state index >= 15 is 0 Å². The molecule has 17 nitrogen and oxygen atoms in total. The Kier molecular flexibility index (Phi) is 15.8. The normalized spacial score (nSPS) is 18.0. The van der Waals surface area contributed by atoms with Crippen molar-refractivity contribution in [3.8, 4) is 0 Å². The van der Waals surface area contributed by atoms with Gasteiger partial charge in [0.25, 0.3) is 0 Å². The second-order valence-corrected chi connectivity index (χ2v) is 20.6. The van der Waals surface area contributed by atoms with Gasteiger partial charge in [-0.05, 0) is 117 Å². The number of amides is 2. The highest BCUT2D eigenvalue weighted by atomic mass is 32.2. The number of anilines is 2. The first-order chi connectivity index (χ1) is 28.3. The van der Waals surface area contributed by atoms with Gasteiger partial charge in [-0.3, -0.25) is 14.0 Å². The number of esters is 1. The van der Waals surface area contributed by atoms with E-state index in [0.29, 0.717) is 23.6 Å². The maximum atomic E-state index is 13.9. The molecule has 61 heavy (non-hydrogen) atoms. The van der Waals surface area contributed by atoms with E-state index in [2.05, 4.69) is 9.71 Å². The number of methoxy groups -OCH3 is 1. The first-order valence-electron chi connectivity index (χ1n) is 20.0. The van der Waals surface area contributed by atoms with Crippen molar-refractivity contribution in [3.63, 3.8) is 0 Å². The summed E-state index contributed by atoms with van der Waals surface area (Å²) in [7, 11) is -6.37. The predicted octanol–water partition coefficient (Wildman–Crippen LogP) is 5.96. The van der Waals surface area contributed by atoms with Gasteiger partial charge in [-0.2, -0.15) is 25.4 Å². The molecule has 1 aromatic heterocycles. The van der Waals surface area contributed by atoms with E-state index in [1.165, 1.54) is 26.2 Å². The fraction of sp³-hybridized carbons (Fsp3) is 0.524. The van der Waals surface area contributed by atoms with Crippen molar-refractivity contribution >= 4 is 49.9 Å². The fourth-order valence-electron chi connectivity index (χ4n) is 6.51. The maximum Gasteiger partial charge on any atom is 0.410 e. The van der Waals surface area contributed by atoms with Crippen LogP contribution in [0.4, 0.5) is 21.0 Å². The van der Waals surface area contributed by atoms with E-state index in [0.717, 1.165) is 11.1 Å². The Morgan fingerprint density at radius 1 is 0.754 bits per heavy atom. The van der Waals surface area contributed by atoms with Crippen LogP contribution >= 0.6 is 0 Å². The number of aryl methyl sites for hydroxylation is 2. The van der Waals surface area contributed by atoms with Gasteiger partial charge in [0.15, 0.2) is 0 Å². The van der Waals surface area contributed by atoms with Crippen molar-refractivity contribution in [1.29, 1.82) is 0 Å². The number of benzene rings is 2. The standard InChI is InChI=1S/C25H34N4O6S.C17H27N3O4S/c1-18-8-7-9-22(14-18)29(17-21-11-10-20(15-26-21)23(30)34-6)36(32,33)27-12-13-28(19(2)16-27)24(31)35-25(3,4)5;1-13-7-6-8-15(11-13)18-25(22,23)19-9-10-20(14(2)12-19)16(21)24-17(3,4)5/h7-11,14-15,19H,12-13,16-17H2,1-6H3;6-8,11,14,18H,9-10,12H2,1-5H3/t19-;14-/m11/s1. The lowest BCUT2D eigenvalue weighted by Gasteiger charge is -2.41. The Morgan fingerprint density at radius 3 is 1.75 bits per heavy atom. The summed E-state index contributed by atoms with van der Waals surface area (Å²) in [5, 5.41) is 0. The number of carbonyl (C=O) groups is 3. The average molecular weight is 888 g/mol. The molecule has 0 unspecified atom stereocenters. The molecule has 336 valence electrons. The number of carbonyl (C=O) groups excluding carboxylic acids is 3. The third-order valence-electron chi connectivity index (χ3n) is 9.49. The molecule has 2 aromatic carbocycles. The Hall–Kier alpha value is -4.98. The van der Waals surface area contributed by atoms with Crippen molar-refractivity contribution < 1.29 is 45.4 Å². The molecular formula is C42H61N7O10S2. The molecule has 0 spiro atoms. The van der Waals surface area contributed by atoms with Gasteiger partial charge < -0.3 is 24.0 Å². The highest BCUT2D eigenvalue weighted by molar-refractivity contribution is 7.90. The molecule has 5 rings (SSSR count). The lowest BCUT2D eigenvalue weighted by Crippen LogP contribution is -2.58. The number of piperazine rings is 2. The predicted molar refractivity (Wildman–Crippen MR) is 234 cm³/mol. The van der Waals surface area contributed by atoms with Crippen LogP contribution in [0, 0.1) is 13.8 Å². The van der Waals surface area contributed by atoms with E-state index in [1.807, 2.05) is 53.7 Å². The van der Waals surface area contributed by atoms with Gasteiger partial charge in [-0.25, -0.2) is 14.4 Å². The Labute approximate surface area is 361 Å². The second-order valence-electron chi connectivity index (χ2n) is 17.1. The van der Waals surface area contributed by atoms with Gasteiger partial charge in [-0.15, -0.1) is 0 Å². The lowest BCUT2D eigenvalue weighted by atomic mass is 10.2. The molecule has 2 atom stereocenters. The SMILES string of the molecule is COC(=O)c1ccc(CN(c2cccc(C)c2)S(=O)(=O)N2CCN(C(=O)OC(C)(C)C)[C@H](C)C2)nc1.Cc1cccc(NS(=O)(=O)N2CCN(C(=O)OC(C)(C)C)[C@H](C)C2)c1. The summed E-state index contributed by atoms with van der Waals surface area (Å²) < 4.78 is 75.2. The largest absolute Gasteiger partial charge is 0.465 e. The van der Waals surface area contributed by atoms with Crippen molar-refractivity contribution in [1.82, 2.24) is 23.4 Å². The van der Waals surface area contributed by atoms with Crippen LogP contribution in [0.25, 0.3) is 0 Å². The molecule has 3 aromatic rings. The third-order valence-corrected chi connectivity index (χ3v) is 12.9. The molecule has 2 amide bonds. The molecule has 0 aliphatic carbocycles. The number of hydrogen-bond donors (Lipinski definition) is 1. The van der Waals surface area contributed by atoms with Crippen LogP contribution < -0.4 is 9.03 Å². The summed E-state index contributed by atoms with van der Waals surface area (Å²) in [5.41, 5.74) is 2.43. The van der Waals surface area contributed by atoms with Crippen LogP contribution in [0.1, 0.15) is 82.6 Å². The van der Waals surface area contributed by atoms with Crippen molar-refractivity contribution in [2.75, 3.05) is 55.4 Å². The van der Waals surface area contributed by atoms with Crippen LogP contribution in [0.15, 0.2) is 66.9 Å². The van der Waals surface area contributed by atoms with Gasteiger partial charge in [0.05, 0.1) is 36.3 Å². The summed E-state index contributed by atoms with van der Waals surface area (Å²) in [6, 6.07) is 16.9. The summed E-state index contributed by atoms with van der Waals surface area (Å²) >= 11 is 0. The summed E-state index contributed by atoms with van der Waals surface area (Å²) in [6.07, 6.45) is 0.491. The zero-order valence-electron chi connectivity index (χ0n) is 37.0. The molecule has 2 saturated heterocycles. The van der Waals surface area contributed by atoms with Crippen molar-refractivity contribution in [2.45, 2.75) is 99.1 Å². The number of aromatic nitrogens is 1. The summed E-state index contributed by atoms with van der Waals surface area (Å²) in [5.74, 6) is -0.519. The van der Waals surface area contributed by atoms with Crippen LogP contribution in [0.5, 0.6) is 0 Å². The van der Waals surface area contributed by atoms with E-state index < -0.39 is 49.8 Å². The average Bonchev–Trinajstić information content (AvgIpc) is 3.15. The van der Waals surface area contributed by atoms with Crippen LogP contribution in [0.3, 0.4) is 0 Å². The first kappa shape index (κ1) is 48.7. The number of ether oxygens (including phenoxy) is 3. The molecule has 19 heteroatoms. The first-order valence-corrected chi connectivity index (χ1v) is 22.8. The fourth-order valence-corrected chi connectivity index (χ4v) is 9.47. The van der Waals surface area contributed by atoms with E-state index in [-0.39, 0.29) is 56.9 Å². The molecule has 1 N–H and O–H groups in total. The van der Waals surface area contributed by atoms with Crippen molar-refractivity contribution in [2.24, 2.45) is 0 Å². The molecule has 0 radical (unpaired) electrons. The van der Waals surface area contributed by atoms with Crippen LogP contribution in [-0.2, 0) is 41.2 Å². The summed E-state index contributed by atoms with van der Waals surface area (Å²) in [6.45, 7) is 19.4. The Bertz CT molecular complexity index is 2230. The highest BCUT2D eigenvalue weighted by Crippen LogP contribution is 2.27. The molecular weight excluding hydrogens is 827 g/mol. The van der Waals surface area contributed by atoms with Gasteiger partial charge in [0.1, 0.15) is 11.2 Å². The molecule has 2 aliphatic rings. The minimum absolute atomic E-state index is 0.0338. The number of nitrogens with one attached hydrogen (secondary N) is 1. The third kappa shape index (κ3) is 13.8. The van der Waals surface area contributed by atoms with Gasteiger partial charge in [0, 0.05) is 57.5 Å². The molecule has 3 heterocycles. The van der Waals surface area contributed by atoms with E-state index in [9.17, 15) is 31.2 Å². The number of nitrogens with zero attached hydrogens (tertiary/aromatic N) is 6. The lowest BCUT2D eigenvalue weighted by molar-refractivity contribution is 0.00768. The van der Waals surface area contributed by atoms with E-state index in [1.54, 1.807) is 86.0 Å². The van der Waals surface area contributed by atoms with Crippen LogP contribution in [-0.4, -0.2) is 128 Å². The van der Waals surface area contributed by atoms with E-state index in [4.69, 9.17) is 14.2 Å². The number of hydrogen-bond acceptors (Lipinski definition) is 11. The number of rotatable bonds is 9. The zero-order valence-corrected chi connectivity index (χ0v) is 38.7. The quantitative estimate of drug-likeness (QED) is 0.197. The van der Waals surface area contributed by atoms with Gasteiger partial charge in [0.2, 0.25) is 0 Å². The Balaban J connectivity index is 0.000000287. The Morgan fingerprint density at radius 2 is 1.28 bits per heavy atom. The van der Waals surface area contributed by atoms with Crippen molar-refractivity contribution in [3.05, 3.63) is 89.2 Å². The minimum atomic E-state index is -3.98. The maximum absolute atomic E-state index is 13.9. The number of pyridine rings is 1. The van der Waals surface area contributed by atoms with Gasteiger partial charge >= 0.3 is 38.6 Å². The second kappa shape index (κ2) is 19.8. The smallest absolute Gasteiger partial charge is 0.410 e. The highest BCUT2D eigenvalue weighted by Gasteiger charge is 2.39. The molecule has 0 bridgehead atoms. The molecule has 2 aliphatic heterocycles. The monoisotopic (exact) mass is 887 g/mol.